The second kappa shape index (κ2) is 2.84. The van der Waals surface area contributed by atoms with E-state index in [9.17, 15) is 4.79 Å². The van der Waals surface area contributed by atoms with Crippen LogP contribution in [0.4, 0.5) is 0 Å². The van der Waals surface area contributed by atoms with Crippen LogP contribution in [0.25, 0.3) is 0 Å². The maximum Gasteiger partial charge on any atom is 0.143 e. The molecule has 2 heteroatoms. The molecule has 3 aliphatic rings. The Kier molecular flexibility index (Phi) is 1.70. The van der Waals surface area contributed by atoms with Crippen molar-refractivity contribution in [3.8, 4) is 5.75 Å². The summed E-state index contributed by atoms with van der Waals surface area (Å²) in [6, 6.07) is 7.93. The minimum Gasteiger partial charge on any atom is -0.496 e. The Morgan fingerprint density at radius 2 is 2.07 bits per heavy atom. The molecule has 4 rings (SSSR count). The van der Waals surface area contributed by atoms with Crippen LogP contribution in [0.5, 0.6) is 5.75 Å². The summed E-state index contributed by atoms with van der Waals surface area (Å²) in [6.07, 6.45) is 2.84. The van der Waals surface area contributed by atoms with Crippen LogP contribution in [0.15, 0.2) is 24.3 Å². The first-order valence-electron chi connectivity index (χ1n) is 5.43. The van der Waals surface area contributed by atoms with Gasteiger partial charge in [0.2, 0.25) is 0 Å². The maximum atomic E-state index is 12.0. The van der Waals surface area contributed by atoms with E-state index in [1.54, 1.807) is 7.11 Å². The molecule has 0 aromatic heterocycles. The summed E-state index contributed by atoms with van der Waals surface area (Å²) in [5.74, 6) is 1.92. The number of hydrogen-bond acceptors (Lipinski definition) is 2. The van der Waals surface area contributed by atoms with Crippen molar-refractivity contribution in [2.75, 3.05) is 7.11 Å². The summed E-state index contributed by atoms with van der Waals surface area (Å²) in [7, 11) is 1.67. The average Bonchev–Trinajstić information content (AvgIpc) is 2.70. The van der Waals surface area contributed by atoms with Crippen molar-refractivity contribution in [3.63, 3.8) is 0 Å². The summed E-state index contributed by atoms with van der Waals surface area (Å²) in [6.45, 7) is 0. The minimum atomic E-state index is -0.183. The van der Waals surface area contributed by atoms with Gasteiger partial charge in [-0.15, -0.1) is 0 Å². The SMILES string of the molecule is COc1ccccc1C12CC(CC1=O)C2. The predicted molar refractivity (Wildman–Crippen MR) is 57.0 cm³/mol. The quantitative estimate of drug-likeness (QED) is 0.735. The van der Waals surface area contributed by atoms with Gasteiger partial charge in [0.05, 0.1) is 12.5 Å². The topological polar surface area (TPSA) is 26.3 Å². The molecule has 3 fully saturated rings. The predicted octanol–water partition coefficient (Wildman–Crippen LogP) is 2.32. The molecule has 0 saturated heterocycles. The van der Waals surface area contributed by atoms with Crippen LogP contribution in [0.2, 0.25) is 0 Å². The summed E-state index contributed by atoms with van der Waals surface area (Å²) in [5.41, 5.74) is 0.920. The lowest BCUT2D eigenvalue weighted by Gasteiger charge is -2.37. The zero-order valence-corrected chi connectivity index (χ0v) is 8.82. The van der Waals surface area contributed by atoms with E-state index in [4.69, 9.17) is 4.74 Å². The third kappa shape index (κ3) is 1.02. The summed E-state index contributed by atoms with van der Waals surface area (Å²) in [5, 5.41) is 0. The fourth-order valence-electron chi connectivity index (χ4n) is 3.17. The largest absolute Gasteiger partial charge is 0.496 e. The number of ether oxygens (including phenoxy) is 1. The number of carbonyl (C=O) groups excluding carboxylic acids is 1. The molecule has 0 heterocycles. The molecule has 0 radical (unpaired) electrons. The Hall–Kier alpha value is -1.31. The van der Waals surface area contributed by atoms with Crippen molar-refractivity contribution in [2.24, 2.45) is 5.92 Å². The van der Waals surface area contributed by atoms with Crippen LogP contribution in [-0.4, -0.2) is 12.9 Å². The van der Waals surface area contributed by atoms with Gasteiger partial charge in [-0.25, -0.2) is 0 Å². The van der Waals surface area contributed by atoms with E-state index < -0.39 is 0 Å². The number of fused-ring (bicyclic) bond motifs is 1. The highest BCUT2D eigenvalue weighted by molar-refractivity contribution is 5.96. The lowest BCUT2D eigenvalue weighted by Crippen LogP contribution is -2.37. The lowest BCUT2D eigenvalue weighted by molar-refractivity contribution is -0.121. The van der Waals surface area contributed by atoms with E-state index in [0.717, 1.165) is 30.6 Å². The summed E-state index contributed by atoms with van der Waals surface area (Å²) < 4.78 is 5.34. The highest BCUT2D eigenvalue weighted by Crippen LogP contribution is 2.59. The van der Waals surface area contributed by atoms with Crippen LogP contribution in [0.3, 0.4) is 0 Å². The fraction of sp³-hybridized carbons (Fsp3) is 0.462. The van der Waals surface area contributed by atoms with Crippen molar-refractivity contribution in [1.82, 2.24) is 0 Å². The summed E-state index contributed by atoms with van der Waals surface area (Å²) in [4.78, 5) is 12.0. The second-order valence-corrected chi connectivity index (χ2v) is 4.68. The van der Waals surface area contributed by atoms with Gasteiger partial charge in [-0.05, 0) is 24.8 Å². The van der Waals surface area contributed by atoms with Crippen LogP contribution in [-0.2, 0) is 10.2 Å². The Balaban J connectivity index is 2.09. The van der Waals surface area contributed by atoms with E-state index in [-0.39, 0.29) is 5.41 Å². The van der Waals surface area contributed by atoms with Gasteiger partial charge in [0, 0.05) is 12.0 Å². The Bertz CT molecular complexity index is 416. The van der Waals surface area contributed by atoms with E-state index in [0.29, 0.717) is 11.7 Å². The number of hydrogen-bond donors (Lipinski definition) is 0. The average molecular weight is 202 g/mol. The standard InChI is InChI=1S/C13H14O2/c1-15-11-5-3-2-4-10(11)13-7-9(8-13)6-12(13)14/h2-5,9H,6-8H2,1H3. The van der Waals surface area contributed by atoms with Crippen molar-refractivity contribution in [3.05, 3.63) is 29.8 Å². The van der Waals surface area contributed by atoms with Gasteiger partial charge in [0.15, 0.2) is 0 Å². The smallest absolute Gasteiger partial charge is 0.143 e. The monoisotopic (exact) mass is 202 g/mol. The number of ketones is 1. The number of Topliss-reactive ketones (excluding diaryl/α,β-unsaturated/α-hetero) is 1. The molecule has 0 amide bonds. The second-order valence-electron chi connectivity index (χ2n) is 4.68. The summed E-state index contributed by atoms with van der Waals surface area (Å²) >= 11 is 0. The van der Waals surface area contributed by atoms with Gasteiger partial charge in [-0.1, -0.05) is 18.2 Å². The molecular weight excluding hydrogens is 188 g/mol. The van der Waals surface area contributed by atoms with Crippen LogP contribution < -0.4 is 4.74 Å². The molecule has 0 unspecified atom stereocenters. The molecular formula is C13H14O2. The highest BCUT2D eigenvalue weighted by Gasteiger charge is 2.58. The molecule has 15 heavy (non-hydrogen) atoms. The maximum absolute atomic E-state index is 12.0. The van der Waals surface area contributed by atoms with E-state index in [1.165, 1.54) is 0 Å². The zero-order chi connectivity index (χ0) is 10.5. The normalized spacial score (nSPS) is 32.6. The number of carbonyl (C=O) groups is 1. The van der Waals surface area contributed by atoms with Gasteiger partial charge in [0.1, 0.15) is 11.5 Å². The number of methoxy groups -OCH3 is 1. The number of rotatable bonds is 2. The highest BCUT2D eigenvalue weighted by atomic mass is 16.5. The van der Waals surface area contributed by atoms with Gasteiger partial charge >= 0.3 is 0 Å². The van der Waals surface area contributed by atoms with E-state index >= 15 is 0 Å². The molecule has 3 aliphatic carbocycles. The van der Waals surface area contributed by atoms with Crippen molar-refractivity contribution in [2.45, 2.75) is 24.7 Å². The third-order valence-corrected chi connectivity index (χ3v) is 3.90. The molecule has 0 aliphatic heterocycles. The molecule has 0 N–H and O–H groups in total. The van der Waals surface area contributed by atoms with E-state index in [2.05, 4.69) is 0 Å². The minimum absolute atomic E-state index is 0.183. The van der Waals surface area contributed by atoms with Crippen molar-refractivity contribution in [1.29, 1.82) is 0 Å². The molecule has 0 atom stereocenters. The first-order valence-corrected chi connectivity index (χ1v) is 5.43. The first-order chi connectivity index (χ1) is 7.26. The van der Waals surface area contributed by atoms with Gasteiger partial charge < -0.3 is 4.74 Å². The molecule has 78 valence electrons. The Labute approximate surface area is 89.2 Å². The molecule has 1 aromatic rings. The molecule has 2 bridgehead atoms. The van der Waals surface area contributed by atoms with Crippen LogP contribution in [0.1, 0.15) is 24.8 Å². The fourth-order valence-corrected chi connectivity index (χ4v) is 3.17. The van der Waals surface area contributed by atoms with E-state index in [1.807, 2.05) is 24.3 Å². The Morgan fingerprint density at radius 1 is 1.33 bits per heavy atom. The van der Waals surface area contributed by atoms with Crippen LogP contribution >= 0.6 is 0 Å². The van der Waals surface area contributed by atoms with Crippen LogP contribution in [0, 0.1) is 5.92 Å². The number of benzene rings is 1. The third-order valence-electron chi connectivity index (χ3n) is 3.90. The van der Waals surface area contributed by atoms with Gasteiger partial charge in [-0.3, -0.25) is 4.79 Å². The zero-order valence-electron chi connectivity index (χ0n) is 8.82. The molecule has 3 saturated carbocycles. The van der Waals surface area contributed by atoms with Crippen molar-refractivity contribution < 1.29 is 9.53 Å². The van der Waals surface area contributed by atoms with Gasteiger partial charge in [-0.2, -0.15) is 0 Å². The number of para-hydroxylation sites is 1. The van der Waals surface area contributed by atoms with Gasteiger partial charge in [0.25, 0.3) is 0 Å². The Morgan fingerprint density at radius 3 is 2.67 bits per heavy atom. The molecule has 0 spiro atoms. The molecule has 1 aromatic carbocycles. The lowest BCUT2D eigenvalue weighted by atomic mass is 9.65. The first kappa shape index (κ1) is 8.96. The molecule has 2 nitrogen and oxygen atoms in total. The van der Waals surface area contributed by atoms with Crippen molar-refractivity contribution >= 4 is 5.78 Å².